The third-order valence-electron chi connectivity index (χ3n) is 3.50. The van der Waals surface area contributed by atoms with Gasteiger partial charge >= 0.3 is 5.97 Å². The molecule has 0 saturated carbocycles. The second kappa shape index (κ2) is 6.17. The fraction of sp³-hybridized carbons (Fsp3) is 0.533. The minimum Gasteiger partial charge on any atom is -0.465 e. The van der Waals surface area contributed by atoms with Gasteiger partial charge in [0, 0.05) is 19.1 Å². The van der Waals surface area contributed by atoms with Gasteiger partial charge in [0.25, 0.3) is 0 Å². The van der Waals surface area contributed by atoms with Crippen molar-refractivity contribution >= 4 is 5.97 Å². The summed E-state index contributed by atoms with van der Waals surface area (Å²) in [4.78, 5) is 13.8. The molecule has 1 aromatic rings. The van der Waals surface area contributed by atoms with Crippen molar-refractivity contribution in [2.24, 2.45) is 0 Å². The van der Waals surface area contributed by atoms with Crippen molar-refractivity contribution in [1.82, 2.24) is 4.90 Å². The molecule has 0 amide bonds. The molecule has 2 atom stereocenters. The van der Waals surface area contributed by atoms with Crippen LogP contribution in [0.2, 0.25) is 0 Å². The third kappa shape index (κ3) is 3.55. The SMILES string of the molecule is COC(=O)c1ccc(CN2C[C@H](C)OC[C@@H]2C)cc1. The van der Waals surface area contributed by atoms with Crippen LogP contribution in [-0.4, -0.2) is 43.3 Å². The molecule has 0 aromatic heterocycles. The number of morpholine rings is 1. The normalized spacial score (nSPS) is 24.2. The van der Waals surface area contributed by atoms with Crippen molar-refractivity contribution in [1.29, 1.82) is 0 Å². The fourth-order valence-corrected chi connectivity index (χ4v) is 2.29. The number of rotatable bonds is 3. The second-order valence-corrected chi connectivity index (χ2v) is 5.11. The van der Waals surface area contributed by atoms with E-state index in [9.17, 15) is 4.79 Å². The van der Waals surface area contributed by atoms with E-state index in [-0.39, 0.29) is 12.1 Å². The summed E-state index contributed by atoms with van der Waals surface area (Å²) in [6.07, 6.45) is 0.283. The molecule has 2 rings (SSSR count). The smallest absolute Gasteiger partial charge is 0.337 e. The summed E-state index contributed by atoms with van der Waals surface area (Å²) in [5, 5.41) is 0. The highest BCUT2D eigenvalue weighted by atomic mass is 16.5. The fourth-order valence-electron chi connectivity index (χ4n) is 2.29. The Morgan fingerprint density at radius 1 is 1.37 bits per heavy atom. The molecule has 0 spiro atoms. The Morgan fingerprint density at radius 2 is 2.05 bits per heavy atom. The van der Waals surface area contributed by atoms with E-state index in [1.807, 2.05) is 24.3 Å². The van der Waals surface area contributed by atoms with Crippen molar-refractivity contribution in [3.8, 4) is 0 Å². The van der Waals surface area contributed by atoms with Crippen molar-refractivity contribution in [2.75, 3.05) is 20.3 Å². The number of benzene rings is 1. The first kappa shape index (κ1) is 14.0. The van der Waals surface area contributed by atoms with Crippen LogP contribution in [0.25, 0.3) is 0 Å². The molecule has 104 valence electrons. The molecule has 0 radical (unpaired) electrons. The van der Waals surface area contributed by atoms with Gasteiger partial charge in [-0.1, -0.05) is 12.1 Å². The predicted molar refractivity (Wildman–Crippen MR) is 73.1 cm³/mol. The number of esters is 1. The Bertz CT molecular complexity index is 430. The quantitative estimate of drug-likeness (QED) is 0.783. The maximum absolute atomic E-state index is 11.4. The molecule has 0 bridgehead atoms. The molecule has 1 fully saturated rings. The van der Waals surface area contributed by atoms with Crippen LogP contribution in [0.5, 0.6) is 0 Å². The van der Waals surface area contributed by atoms with E-state index in [2.05, 4.69) is 18.7 Å². The van der Waals surface area contributed by atoms with E-state index in [0.717, 1.165) is 19.7 Å². The molecule has 1 heterocycles. The van der Waals surface area contributed by atoms with Gasteiger partial charge in [0.2, 0.25) is 0 Å². The van der Waals surface area contributed by atoms with Gasteiger partial charge in [-0.3, -0.25) is 4.90 Å². The molecule has 1 saturated heterocycles. The van der Waals surface area contributed by atoms with Crippen molar-refractivity contribution in [3.63, 3.8) is 0 Å². The van der Waals surface area contributed by atoms with Crippen molar-refractivity contribution in [2.45, 2.75) is 32.5 Å². The Morgan fingerprint density at radius 3 is 2.68 bits per heavy atom. The summed E-state index contributed by atoms with van der Waals surface area (Å²) in [6.45, 7) is 6.88. The largest absolute Gasteiger partial charge is 0.465 e. The topological polar surface area (TPSA) is 38.8 Å². The van der Waals surface area contributed by atoms with Crippen LogP contribution in [0.1, 0.15) is 29.8 Å². The van der Waals surface area contributed by atoms with Gasteiger partial charge in [0.05, 0.1) is 25.4 Å². The van der Waals surface area contributed by atoms with E-state index in [0.29, 0.717) is 11.6 Å². The van der Waals surface area contributed by atoms with Gasteiger partial charge in [-0.25, -0.2) is 4.79 Å². The molecule has 4 nitrogen and oxygen atoms in total. The Balaban J connectivity index is 2.00. The monoisotopic (exact) mass is 263 g/mol. The highest BCUT2D eigenvalue weighted by Crippen LogP contribution is 2.16. The number of ether oxygens (including phenoxy) is 2. The van der Waals surface area contributed by atoms with Gasteiger partial charge in [-0.2, -0.15) is 0 Å². The van der Waals surface area contributed by atoms with Gasteiger partial charge in [0.1, 0.15) is 0 Å². The van der Waals surface area contributed by atoms with E-state index >= 15 is 0 Å². The highest BCUT2D eigenvalue weighted by molar-refractivity contribution is 5.89. The minimum absolute atomic E-state index is 0.283. The molecular formula is C15H21NO3. The molecule has 1 aliphatic rings. The maximum atomic E-state index is 11.4. The van der Waals surface area contributed by atoms with Crippen LogP contribution in [0, 0.1) is 0 Å². The van der Waals surface area contributed by atoms with Crippen molar-refractivity contribution < 1.29 is 14.3 Å². The van der Waals surface area contributed by atoms with E-state index < -0.39 is 0 Å². The first-order valence-electron chi connectivity index (χ1n) is 6.63. The minimum atomic E-state index is -0.292. The third-order valence-corrected chi connectivity index (χ3v) is 3.50. The standard InChI is InChI=1S/C15H21NO3/c1-11-10-19-12(2)8-16(11)9-13-4-6-14(7-5-13)15(17)18-3/h4-7,11-12H,8-10H2,1-3H3/t11-,12-/m0/s1. The van der Waals surface area contributed by atoms with Gasteiger partial charge in [0.15, 0.2) is 0 Å². The zero-order valence-electron chi connectivity index (χ0n) is 11.8. The zero-order chi connectivity index (χ0) is 13.8. The molecule has 19 heavy (non-hydrogen) atoms. The Kier molecular flexibility index (Phi) is 4.56. The molecule has 1 aliphatic heterocycles. The van der Waals surface area contributed by atoms with Gasteiger partial charge < -0.3 is 9.47 Å². The number of nitrogens with zero attached hydrogens (tertiary/aromatic N) is 1. The van der Waals surface area contributed by atoms with Gasteiger partial charge in [-0.05, 0) is 31.5 Å². The van der Waals surface area contributed by atoms with Crippen LogP contribution in [-0.2, 0) is 16.0 Å². The molecule has 0 aliphatic carbocycles. The lowest BCUT2D eigenvalue weighted by Crippen LogP contribution is -2.46. The van der Waals surface area contributed by atoms with Crippen molar-refractivity contribution in [3.05, 3.63) is 35.4 Å². The van der Waals surface area contributed by atoms with Gasteiger partial charge in [-0.15, -0.1) is 0 Å². The number of hydrogen-bond donors (Lipinski definition) is 0. The first-order chi connectivity index (χ1) is 9.10. The second-order valence-electron chi connectivity index (χ2n) is 5.11. The number of methoxy groups -OCH3 is 1. The van der Waals surface area contributed by atoms with E-state index in [1.165, 1.54) is 12.7 Å². The number of carbonyl (C=O) groups is 1. The number of carbonyl (C=O) groups excluding carboxylic acids is 1. The highest BCUT2D eigenvalue weighted by Gasteiger charge is 2.23. The van der Waals surface area contributed by atoms with Crippen LogP contribution in [0.15, 0.2) is 24.3 Å². The summed E-state index contributed by atoms with van der Waals surface area (Å²) >= 11 is 0. The lowest BCUT2D eigenvalue weighted by Gasteiger charge is -2.36. The zero-order valence-corrected chi connectivity index (χ0v) is 11.8. The van der Waals surface area contributed by atoms with Crippen LogP contribution >= 0.6 is 0 Å². The lowest BCUT2D eigenvalue weighted by molar-refractivity contribution is -0.0526. The molecule has 1 aromatic carbocycles. The van der Waals surface area contributed by atoms with E-state index in [1.54, 1.807) is 0 Å². The number of hydrogen-bond acceptors (Lipinski definition) is 4. The molecule has 4 heteroatoms. The van der Waals surface area contributed by atoms with Crippen LogP contribution in [0.3, 0.4) is 0 Å². The van der Waals surface area contributed by atoms with E-state index in [4.69, 9.17) is 9.47 Å². The van der Waals surface area contributed by atoms with Crippen LogP contribution < -0.4 is 0 Å². The lowest BCUT2D eigenvalue weighted by atomic mass is 10.1. The average Bonchev–Trinajstić information content (AvgIpc) is 2.43. The average molecular weight is 263 g/mol. The summed E-state index contributed by atoms with van der Waals surface area (Å²) in [5.74, 6) is -0.292. The summed E-state index contributed by atoms with van der Waals surface area (Å²) in [6, 6.07) is 8.03. The summed E-state index contributed by atoms with van der Waals surface area (Å²) < 4.78 is 10.3. The molecular weight excluding hydrogens is 242 g/mol. The Hall–Kier alpha value is -1.39. The summed E-state index contributed by atoms with van der Waals surface area (Å²) in [5.41, 5.74) is 1.79. The molecule has 0 N–H and O–H groups in total. The first-order valence-corrected chi connectivity index (χ1v) is 6.63. The van der Waals surface area contributed by atoms with Crippen LogP contribution in [0.4, 0.5) is 0 Å². The molecule has 0 unspecified atom stereocenters. The maximum Gasteiger partial charge on any atom is 0.337 e. The predicted octanol–water partition coefficient (Wildman–Crippen LogP) is 2.08. The Labute approximate surface area is 114 Å². The summed E-state index contributed by atoms with van der Waals surface area (Å²) in [7, 11) is 1.40.